The summed E-state index contributed by atoms with van der Waals surface area (Å²) >= 11 is 0. The predicted octanol–water partition coefficient (Wildman–Crippen LogP) is 1.43. The lowest BCUT2D eigenvalue weighted by atomic mass is 10.4. The zero-order chi connectivity index (χ0) is 11.1. The number of nitrogens with zero attached hydrogens (tertiary/aromatic N) is 3. The van der Waals surface area contributed by atoms with Gasteiger partial charge in [-0.3, -0.25) is 4.98 Å². The maximum absolute atomic E-state index is 4.40. The Morgan fingerprint density at radius 3 is 2.33 bits per heavy atom. The van der Waals surface area contributed by atoms with Crippen molar-refractivity contribution in [1.29, 1.82) is 0 Å². The van der Waals surface area contributed by atoms with E-state index in [1.807, 2.05) is 12.4 Å². The number of nitrogens with one attached hydrogen (secondary N) is 1. The molecule has 0 aromatic carbocycles. The van der Waals surface area contributed by atoms with Crippen molar-refractivity contribution in [2.45, 2.75) is 27.3 Å². The average Bonchev–Trinajstić information content (AvgIpc) is 2.29. The molecule has 15 heavy (non-hydrogen) atoms. The molecular weight excluding hydrogens is 188 g/mol. The SMILES string of the molecule is CCNCc1cnc(N(CC)CC)cn1. The lowest BCUT2D eigenvalue weighted by Crippen LogP contribution is -2.23. The van der Waals surface area contributed by atoms with Gasteiger partial charge in [-0.15, -0.1) is 0 Å². The van der Waals surface area contributed by atoms with E-state index < -0.39 is 0 Å². The van der Waals surface area contributed by atoms with E-state index in [4.69, 9.17) is 0 Å². The lowest BCUT2D eigenvalue weighted by molar-refractivity contribution is 0.705. The molecular formula is C11H20N4. The first-order chi connectivity index (χ1) is 7.31. The Balaban J connectivity index is 2.62. The number of hydrogen-bond donors (Lipinski definition) is 1. The van der Waals surface area contributed by atoms with Crippen molar-refractivity contribution in [2.24, 2.45) is 0 Å². The first-order valence-electron chi connectivity index (χ1n) is 5.58. The molecule has 1 aromatic rings. The molecule has 0 saturated carbocycles. The highest BCUT2D eigenvalue weighted by molar-refractivity contribution is 5.35. The highest BCUT2D eigenvalue weighted by Gasteiger charge is 2.03. The third kappa shape index (κ3) is 3.47. The standard InChI is InChI=1S/C11H20N4/c1-4-12-7-10-8-14-11(9-13-10)15(5-2)6-3/h8-9,12H,4-7H2,1-3H3. The van der Waals surface area contributed by atoms with Crippen LogP contribution >= 0.6 is 0 Å². The van der Waals surface area contributed by atoms with Crippen LogP contribution in [-0.2, 0) is 6.54 Å². The first-order valence-corrected chi connectivity index (χ1v) is 5.58. The molecule has 1 rings (SSSR count). The summed E-state index contributed by atoms with van der Waals surface area (Å²) in [6, 6.07) is 0. The maximum atomic E-state index is 4.40. The Morgan fingerprint density at radius 2 is 1.87 bits per heavy atom. The van der Waals surface area contributed by atoms with E-state index in [2.05, 4.69) is 41.0 Å². The minimum atomic E-state index is 0.794. The number of anilines is 1. The van der Waals surface area contributed by atoms with Gasteiger partial charge in [0.25, 0.3) is 0 Å². The van der Waals surface area contributed by atoms with E-state index in [1.165, 1.54) is 0 Å². The van der Waals surface area contributed by atoms with Gasteiger partial charge in [-0.05, 0) is 20.4 Å². The summed E-state index contributed by atoms with van der Waals surface area (Å²) in [5, 5.41) is 3.23. The van der Waals surface area contributed by atoms with Gasteiger partial charge in [0.05, 0.1) is 18.1 Å². The largest absolute Gasteiger partial charge is 0.356 e. The molecule has 0 aliphatic heterocycles. The number of aromatic nitrogens is 2. The van der Waals surface area contributed by atoms with E-state index in [9.17, 15) is 0 Å². The monoisotopic (exact) mass is 208 g/mol. The highest BCUT2D eigenvalue weighted by Crippen LogP contribution is 2.07. The van der Waals surface area contributed by atoms with Gasteiger partial charge in [0.15, 0.2) is 0 Å². The second-order valence-corrected chi connectivity index (χ2v) is 3.32. The van der Waals surface area contributed by atoms with Crippen LogP contribution < -0.4 is 10.2 Å². The summed E-state index contributed by atoms with van der Waals surface area (Å²) in [6.07, 6.45) is 3.69. The fourth-order valence-corrected chi connectivity index (χ4v) is 1.40. The zero-order valence-electron chi connectivity index (χ0n) is 9.82. The molecule has 1 aromatic heterocycles. The van der Waals surface area contributed by atoms with Crippen molar-refractivity contribution in [3.8, 4) is 0 Å². The van der Waals surface area contributed by atoms with Crippen molar-refractivity contribution in [3.05, 3.63) is 18.1 Å². The van der Waals surface area contributed by atoms with Crippen LogP contribution in [0, 0.1) is 0 Å². The van der Waals surface area contributed by atoms with Crippen molar-refractivity contribution in [1.82, 2.24) is 15.3 Å². The summed E-state index contributed by atoms with van der Waals surface area (Å²) < 4.78 is 0. The van der Waals surface area contributed by atoms with E-state index in [1.54, 1.807) is 0 Å². The summed E-state index contributed by atoms with van der Waals surface area (Å²) in [5.41, 5.74) is 0.993. The van der Waals surface area contributed by atoms with Crippen LogP contribution in [0.3, 0.4) is 0 Å². The Kier molecular flexibility index (Phi) is 5.04. The van der Waals surface area contributed by atoms with Crippen LogP contribution in [0.4, 0.5) is 5.82 Å². The molecule has 0 amide bonds. The molecule has 0 spiro atoms. The molecule has 0 aliphatic rings. The quantitative estimate of drug-likeness (QED) is 0.768. The third-order valence-corrected chi connectivity index (χ3v) is 2.34. The smallest absolute Gasteiger partial charge is 0.147 e. The summed E-state index contributed by atoms with van der Waals surface area (Å²) in [7, 11) is 0. The minimum Gasteiger partial charge on any atom is -0.356 e. The van der Waals surface area contributed by atoms with Gasteiger partial charge in [-0.1, -0.05) is 6.92 Å². The van der Waals surface area contributed by atoms with Gasteiger partial charge in [0.2, 0.25) is 0 Å². The minimum absolute atomic E-state index is 0.794. The zero-order valence-corrected chi connectivity index (χ0v) is 9.82. The van der Waals surface area contributed by atoms with Crippen molar-refractivity contribution >= 4 is 5.82 Å². The van der Waals surface area contributed by atoms with Crippen molar-refractivity contribution < 1.29 is 0 Å². The summed E-state index contributed by atoms with van der Waals surface area (Å²) in [6.45, 7) is 10.0. The Hall–Kier alpha value is -1.16. The molecule has 0 unspecified atom stereocenters. The number of hydrogen-bond acceptors (Lipinski definition) is 4. The molecule has 0 bridgehead atoms. The fourth-order valence-electron chi connectivity index (χ4n) is 1.40. The molecule has 4 heteroatoms. The summed E-state index contributed by atoms with van der Waals surface area (Å²) in [5.74, 6) is 0.959. The van der Waals surface area contributed by atoms with Gasteiger partial charge in [-0.2, -0.15) is 0 Å². The first kappa shape index (κ1) is 11.9. The third-order valence-electron chi connectivity index (χ3n) is 2.34. The Bertz CT molecular complexity index is 266. The van der Waals surface area contributed by atoms with Crippen LogP contribution in [0.2, 0.25) is 0 Å². The van der Waals surface area contributed by atoms with Crippen LogP contribution in [0.15, 0.2) is 12.4 Å². The van der Waals surface area contributed by atoms with Crippen LogP contribution in [0.5, 0.6) is 0 Å². The van der Waals surface area contributed by atoms with Gasteiger partial charge < -0.3 is 10.2 Å². The predicted molar refractivity (Wildman–Crippen MR) is 63.0 cm³/mol. The van der Waals surface area contributed by atoms with Gasteiger partial charge in [0, 0.05) is 19.6 Å². The van der Waals surface area contributed by atoms with Gasteiger partial charge in [-0.25, -0.2) is 4.98 Å². The molecule has 0 aliphatic carbocycles. The normalized spacial score (nSPS) is 10.3. The van der Waals surface area contributed by atoms with Crippen LogP contribution in [0.1, 0.15) is 26.5 Å². The second-order valence-electron chi connectivity index (χ2n) is 3.32. The van der Waals surface area contributed by atoms with E-state index in [0.29, 0.717) is 0 Å². The molecule has 0 radical (unpaired) electrons. The van der Waals surface area contributed by atoms with E-state index in [0.717, 1.165) is 37.7 Å². The number of rotatable bonds is 6. The molecule has 1 heterocycles. The maximum Gasteiger partial charge on any atom is 0.147 e. The van der Waals surface area contributed by atoms with Gasteiger partial charge >= 0.3 is 0 Å². The van der Waals surface area contributed by atoms with E-state index >= 15 is 0 Å². The lowest BCUT2D eigenvalue weighted by Gasteiger charge is -2.19. The summed E-state index contributed by atoms with van der Waals surface area (Å²) in [4.78, 5) is 10.9. The molecule has 0 saturated heterocycles. The van der Waals surface area contributed by atoms with Crippen molar-refractivity contribution in [2.75, 3.05) is 24.5 Å². The van der Waals surface area contributed by atoms with Gasteiger partial charge in [0.1, 0.15) is 5.82 Å². The molecule has 84 valence electrons. The molecule has 4 nitrogen and oxygen atoms in total. The second kappa shape index (κ2) is 6.35. The van der Waals surface area contributed by atoms with Crippen molar-refractivity contribution in [3.63, 3.8) is 0 Å². The average molecular weight is 208 g/mol. The Morgan fingerprint density at radius 1 is 1.13 bits per heavy atom. The van der Waals surface area contributed by atoms with Crippen LogP contribution in [0.25, 0.3) is 0 Å². The topological polar surface area (TPSA) is 41.1 Å². The fraction of sp³-hybridized carbons (Fsp3) is 0.636. The van der Waals surface area contributed by atoms with E-state index in [-0.39, 0.29) is 0 Å². The molecule has 0 atom stereocenters. The highest BCUT2D eigenvalue weighted by atomic mass is 15.2. The Labute approximate surface area is 91.7 Å². The molecule has 1 N–H and O–H groups in total. The van der Waals surface area contributed by atoms with Crippen LogP contribution in [-0.4, -0.2) is 29.6 Å². The molecule has 0 fully saturated rings.